The molecule has 1 N–H and O–H groups in total. The fourth-order valence-corrected chi connectivity index (χ4v) is 4.08. The molecule has 0 radical (unpaired) electrons. The molecular weight excluding hydrogens is 372 g/mol. The number of esters is 1. The second-order valence-electron chi connectivity index (χ2n) is 7.37. The van der Waals surface area contributed by atoms with Crippen LogP contribution in [0, 0.1) is 0 Å². The van der Waals surface area contributed by atoms with E-state index in [0.29, 0.717) is 28.7 Å². The lowest BCUT2D eigenvalue weighted by atomic mass is 9.94. The summed E-state index contributed by atoms with van der Waals surface area (Å²) in [5.74, 6) is 1.47. The van der Waals surface area contributed by atoms with Crippen LogP contribution in [-0.4, -0.2) is 41.1 Å². The van der Waals surface area contributed by atoms with Gasteiger partial charge in [-0.25, -0.2) is 9.48 Å². The summed E-state index contributed by atoms with van der Waals surface area (Å²) in [6.45, 7) is 1.86. The molecule has 0 amide bonds. The van der Waals surface area contributed by atoms with Gasteiger partial charge < -0.3 is 19.5 Å². The number of hydrogen-bond acceptors (Lipinski definition) is 7. The Kier molecular flexibility index (Phi) is 5.42. The Morgan fingerprint density at radius 2 is 1.90 bits per heavy atom. The molecule has 1 atom stereocenters. The van der Waals surface area contributed by atoms with E-state index < -0.39 is 6.04 Å². The van der Waals surface area contributed by atoms with Gasteiger partial charge in [0.2, 0.25) is 5.95 Å². The first kappa shape index (κ1) is 19.3. The highest BCUT2D eigenvalue weighted by Crippen LogP contribution is 2.39. The van der Waals surface area contributed by atoms with Gasteiger partial charge in [-0.1, -0.05) is 12.5 Å². The van der Waals surface area contributed by atoms with Crippen LogP contribution in [0.4, 0.5) is 5.95 Å². The molecule has 4 rings (SSSR count). The molecule has 1 fully saturated rings. The zero-order valence-electron chi connectivity index (χ0n) is 17.0. The van der Waals surface area contributed by atoms with Crippen molar-refractivity contribution in [2.75, 3.05) is 19.5 Å². The third kappa shape index (κ3) is 3.66. The Morgan fingerprint density at radius 3 is 2.62 bits per heavy atom. The number of fused-ring (bicyclic) bond motifs is 1. The minimum absolute atomic E-state index is 0.0280. The Morgan fingerprint density at radius 1 is 1.14 bits per heavy atom. The van der Waals surface area contributed by atoms with Crippen LogP contribution in [0.5, 0.6) is 11.5 Å². The number of allylic oxidation sites excluding steroid dienone is 1. The molecule has 154 valence electrons. The Bertz CT molecular complexity index is 931. The molecule has 1 aromatic heterocycles. The van der Waals surface area contributed by atoms with Gasteiger partial charge in [0.15, 0.2) is 11.5 Å². The molecule has 0 unspecified atom stereocenters. The molecule has 2 aromatic rings. The number of rotatable bonds is 5. The van der Waals surface area contributed by atoms with Crippen molar-refractivity contribution in [3.05, 3.63) is 41.4 Å². The Balaban J connectivity index is 1.73. The standard InChI is InChI=1S/C21H26N4O4/c1-13-18(20(26)29-15-7-5-4-6-8-15)19(25-21(24-13)22-12-23-25)14-9-10-16(27-2)17(11-14)28-3/h9-12,15,19H,4-8H2,1-3H3,(H,22,23,24)/t19-/m0/s1. The smallest absolute Gasteiger partial charge is 0.338 e. The molecule has 8 nitrogen and oxygen atoms in total. The number of methoxy groups -OCH3 is 2. The van der Waals surface area contributed by atoms with E-state index in [-0.39, 0.29) is 12.1 Å². The molecule has 2 heterocycles. The number of ether oxygens (including phenoxy) is 3. The van der Waals surface area contributed by atoms with E-state index in [4.69, 9.17) is 14.2 Å². The molecule has 8 heteroatoms. The lowest BCUT2D eigenvalue weighted by Crippen LogP contribution is -2.32. The average Bonchev–Trinajstić information content (AvgIpc) is 3.20. The number of hydrogen-bond donors (Lipinski definition) is 1. The van der Waals surface area contributed by atoms with Gasteiger partial charge in [-0.2, -0.15) is 10.1 Å². The summed E-state index contributed by atoms with van der Waals surface area (Å²) < 4.78 is 18.4. The molecule has 0 saturated heterocycles. The Labute approximate surface area is 169 Å². The van der Waals surface area contributed by atoms with E-state index in [1.165, 1.54) is 12.7 Å². The summed E-state index contributed by atoms with van der Waals surface area (Å²) in [6.07, 6.45) is 6.68. The Hall–Kier alpha value is -3.03. The first-order chi connectivity index (χ1) is 14.1. The second kappa shape index (κ2) is 8.14. The van der Waals surface area contributed by atoms with Crippen molar-refractivity contribution in [1.29, 1.82) is 0 Å². The molecule has 1 aliphatic heterocycles. The fourth-order valence-electron chi connectivity index (χ4n) is 4.08. The van der Waals surface area contributed by atoms with Crippen LogP contribution in [0.25, 0.3) is 0 Å². The van der Waals surface area contributed by atoms with Crippen molar-refractivity contribution in [2.24, 2.45) is 0 Å². The van der Waals surface area contributed by atoms with Crippen LogP contribution < -0.4 is 14.8 Å². The first-order valence-corrected chi connectivity index (χ1v) is 9.92. The quantitative estimate of drug-likeness (QED) is 0.772. The molecule has 2 aliphatic rings. The minimum Gasteiger partial charge on any atom is -0.493 e. The van der Waals surface area contributed by atoms with E-state index >= 15 is 0 Å². The number of nitrogens with zero attached hydrogens (tertiary/aromatic N) is 3. The van der Waals surface area contributed by atoms with E-state index in [1.54, 1.807) is 18.9 Å². The fraction of sp³-hybridized carbons (Fsp3) is 0.476. The number of nitrogens with one attached hydrogen (secondary N) is 1. The van der Waals surface area contributed by atoms with Gasteiger partial charge in [-0.05, 0) is 50.3 Å². The van der Waals surface area contributed by atoms with Crippen LogP contribution in [-0.2, 0) is 9.53 Å². The third-order valence-corrected chi connectivity index (χ3v) is 5.56. The zero-order chi connectivity index (χ0) is 20.4. The number of anilines is 1. The van der Waals surface area contributed by atoms with E-state index in [0.717, 1.165) is 31.2 Å². The number of carbonyl (C=O) groups excluding carboxylic acids is 1. The van der Waals surface area contributed by atoms with Crippen molar-refractivity contribution in [2.45, 2.75) is 51.2 Å². The maximum Gasteiger partial charge on any atom is 0.338 e. The number of aromatic nitrogens is 3. The predicted octanol–water partition coefficient (Wildman–Crippen LogP) is 3.46. The largest absolute Gasteiger partial charge is 0.493 e. The third-order valence-electron chi connectivity index (χ3n) is 5.56. The van der Waals surface area contributed by atoms with Crippen molar-refractivity contribution < 1.29 is 19.0 Å². The molecule has 0 bridgehead atoms. The van der Waals surface area contributed by atoms with Crippen LogP contribution in [0.2, 0.25) is 0 Å². The number of carbonyl (C=O) groups is 1. The number of benzene rings is 1. The van der Waals surface area contributed by atoms with Gasteiger partial charge in [-0.3, -0.25) is 0 Å². The van der Waals surface area contributed by atoms with Gasteiger partial charge in [0.25, 0.3) is 0 Å². The SMILES string of the molecule is COc1ccc([C@H]2C(C(=O)OC3CCCCC3)=C(C)Nc3ncnn32)cc1OC. The van der Waals surface area contributed by atoms with Gasteiger partial charge >= 0.3 is 5.97 Å². The van der Waals surface area contributed by atoms with Gasteiger partial charge in [-0.15, -0.1) is 0 Å². The zero-order valence-corrected chi connectivity index (χ0v) is 17.0. The van der Waals surface area contributed by atoms with Gasteiger partial charge in [0.05, 0.1) is 19.8 Å². The maximum absolute atomic E-state index is 13.2. The highest BCUT2D eigenvalue weighted by molar-refractivity contribution is 5.92. The molecule has 1 aromatic carbocycles. The maximum atomic E-state index is 13.2. The highest BCUT2D eigenvalue weighted by atomic mass is 16.5. The summed E-state index contributed by atoms with van der Waals surface area (Å²) in [4.78, 5) is 17.5. The van der Waals surface area contributed by atoms with Crippen LogP contribution in [0.15, 0.2) is 35.8 Å². The summed E-state index contributed by atoms with van der Waals surface area (Å²) >= 11 is 0. The average molecular weight is 398 g/mol. The van der Waals surface area contributed by atoms with Crippen molar-refractivity contribution in [1.82, 2.24) is 14.8 Å². The molecular formula is C21H26N4O4. The topological polar surface area (TPSA) is 87.5 Å². The molecule has 1 aliphatic carbocycles. The highest BCUT2D eigenvalue weighted by Gasteiger charge is 2.36. The van der Waals surface area contributed by atoms with E-state index in [9.17, 15) is 4.79 Å². The van der Waals surface area contributed by atoms with E-state index in [2.05, 4.69) is 15.4 Å². The predicted molar refractivity (Wildman–Crippen MR) is 107 cm³/mol. The van der Waals surface area contributed by atoms with E-state index in [1.807, 2.05) is 25.1 Å². The summed E-state index contributed by atoms with van der Waals surface area (Å²) in [6, 6.07) is 5.13. The summed E-state index contributed by atoms with van der Waals surface area (Å²) in [5.41, 5.74) is 2.08. The van der Waals surface area contributed by atoms with Crippen LogP contribution in [0.1, 0.15) is 50.6 Å². The van der Waals surface area contributed by atoms with Gasteiger partial charge in [0, 0.05) is 5.70 Å². The van der Waals surface area contributed by atoms with Crippen molar-refractivity contribution in [3.8, 4) is 11.5 Å². The summed E-state index contributed by atoms with van der Waals surface area (Å²) in [7, 11) is 3.18. The molecule has 1 saturated carbocycles. The lowest BCUT2D eigenvalue weighted by molar-refractivity contribution is -0.146. The normalized spacial score (nSPS) is 19.3. The first-order valence-electron chi connectivity index (χ1n) is 9.92. The monoisotopic (exact) mass is 398 g/mol. The summed E-state index contributed by atoms with van der Waals surface area (Å²) in [5, 5.41) is 7.53. The minimum atomic E-state index is -0.468. The van der Waals surface area contributed by atoms with Crippen LogP contribution >= 0.6 is 0 Å². The van der Waals surface area contributed by atoms with Crippen molar-refractivity contribution in [3.63, 3.8) is 0 Å². The van der Waals surface area contributed by atoms with Crippen LogP contribution in [0.3, 0.4) is 0 Å². The lowest BCUT2D eigenvalue weighted by Gasteiger charge is -2.30. The molecule has 0 spiro atoms. The van der Waals surface area contributed by atoms with Gasteiger partial charge in [0.1, 0.15) is 18.5 Å². The molecule has 29 heavy (non-hydrogen) atoms. The van der Waals surface area contributed by atoms with Crippen molar-refractivity contribution >= 4 is 11.9 Å². The second-order valence-corrected chi connectivity index (χ2v) is 7.37.